The number of methoxy groups -OCH3 is 1. The highest BCUT2D eigenvalue weighted by Gasteiger charge is 1.97. The Labute approximate surface area is 86.4 Å². The molecule has 1 aromatic rings. The van der Waals surface area contributed by atoms with Crippen LogP contribution in [0.15, 0.2) is 35.9 Å². The molecule has 0 aliphatic rings. The number of allylic oxidation sites excluding steroid dienone is 2. The van der Waals surface area contributed by atoms with E-state index in [1.165, 1.54) is 11.1 Å². The molecule has 0 saturated heterocycles. The van der Waals surface area contributed by atoms with Gasteiger partial charge in [0.1, 0.15) is 5.75 Å². The third-order valence-corrected chi connectivity index (χ3v) is 2.45. The van der Waals surface area contributed by atoms with Crippen molar-refractivity contribution in [3.8, 4) is 5.75 Å². The quantitative estimate of drug-likeness (QED) is 0.659. The van der Waals surface area contributed by atoms with Gasteiger partial charge in [-0.1, -0.05) is 30.7 Å². The molecule has 0 saturated carbocycles. The summed E-state index contributed by atoms with van der Waals surface area (Å²) < 4.78 is 5.11. The van der Waals surface area contributed by atoms with Gasteiger partial charge in [0.2, 0.25) is 0 Å². The van der Waals surface area contributed by atoms with Crippen molar-refractivity contribution in [1.82, 2.24) is 0 Å². The van der Waals surface area contributed by atoms with Gasteiger partial charge in [0.05, 0.1) is 7.11 Å². The van der Waals surface area contributed by atoms with Gasteiger partial charge in [-0.3, -0.25) is 0 Å². The van der Waals surface area contributed by atoms with Crippen LogP contribution in [0.5, 0.6) is 5.75 Å². The van der Waals surface area contributed by atoms with Crippen LogP contribution in [0.2, 0.25) is 0 Å². The lowest BCUT2D eigenvalue weighted by Gasteiger charge is -2.05. The molecule has 0 heterocycles. The number of ether oxygens (including phenoxy) is 1. The van der Waals surface area contributed by atoms with Gasteiger partial charge in [-0.25, -0.2) is 0 Å². The van der Waals surface area contributed by atoms with Crippen molar-refractivity contribution in [1.29, 1.82) is 0 Å². The van der Waals surface area contributed by atoms with Crippen LogP contribution in [0.3, 0.4) is 0 Å². The van der Waals surface area contributed by atoms with Crippen LogP contribution in [0, 0.1) is 0 Å². The van der Waals surface area contributed by atoms with Gasteiger partial charge in [0.25, 0.3) is 0 Å². The SMILES string of the molecule is C/C=C(\CC)Cc1ccc(OC)cc1. The molecule has 0 N–H and O–H groups in total. The Morgan fingerprint density at radius 2 is 1.93 bits per heavy atom. The molecule has 76 valence electrons. The maximum Gasteiger partial charge on any atom is 0.118 e. The van der Waals surface area contributed by atoms with Gasteiger partial charge < -0.3 is 4.74 Å². The first kappa shape index (κ1) is 10.8. The first-order valence-corrected chi connectivity index (χ1v) is 5.07. The minimum Gasteiger partial charge on any atom is -0.497 e. The highest BCUT2D eigenvalue weighted by molar-refractivity contribution is 5.29. The molecule has 1 nitrogen and oxygen atoms in total. The monoisotopic (exact) mass is 190 g/mol. The standard InChI is InChI=1S/C13H18O/c1-4-11(5-2)10-12-6-8-13(14-3)9-7-12/h4,6-9H,5,10H2,1-3H3/b11-4+. The zero-order valence-electron chi connectivity index (χ0n) is 9.21. The van der Waals surface area contributed by atoms with Gasteiger partial charge in [-0.15, -0.1) is 0 Å². The summed E-state index contributed by atoms with van der Waals surface area (Å²) >= 11 is 0. The molecule has 0 bridgehead atoms. The second-order valence-electron chi connectivity index (χ2n) is 3.33. The minimum atomic E-state index is 0.923. The van der Waals surface area contributed by atoms with E-state index in [2.05, 4.69) is 32.1 Å². The van der Waals surface area contributed by atoms with E-state index in [-0.39, 0.29) is 0 Å². The maximum absolute atomic E-state index is 5.11. The van der Waals surface area contributed by atoms with E-state index in [0.29, 0.717) is 0 Å². The molecular weight excluding hydrogens is 172 g/mol. The van der Waals surface area contributed by atoms with Crippen LogP contribution in [-0.2, 0) is 6.42 Å². The zero-order valence-corrected chi connectivity index (χ0v) is 9.21. The Morgan fingerprint density at radius 1 is 1.29 bits per heavy atom. The highest BCUT2D eigenvalue weighted by Crippen LogP contribution is 2.15. The van der Waals surface area contributed by atoms with Crippen molar-refractivity contribution in [2.45, 2.75) is 26.7 Å². The fourth-order valence-corrected chi connectivity index (χ4v) is 1.44. The normalized spacial score (nSPS) is 11.5. The van der Waals surface area contributed by atoms with Crippen molar-refractivity contribution < 1.29 is 4.74 Å². The molecule has 1 heteroatoms. The van der Waals surface area contributed by atoms with Crippen LogP contribution in [0.4, 0.5) is 0 Å². The highest BCUT2D eigenvalue weighted by atomic mass is 16.5. The summed E-state index contributed by atoms with van der Waals surface area (Å²) in [4.78, 5) is 0. The number of hydrogen-bond donors (Lipinski definition) is 0. The lowest BCUT2D eigenvalue weighted by atomic mass is 10.0. The van der Waals surface area contributed by atoms with Gasteiger partial charge in [0, 0.05) is 0 Å². The van der Waals surface area contributed by atoms with E-state index in [0.717, 1.165) is 18.6 Å². The second kappa shape index (κ2) is 5.48. The average molecular weight is 190 g/mol. The molecule has 0 spiro atoms. The molecule has 0 fully saturated rings. The lowest BCUT2D eigenvalue weighted by Crippen LogP contribution is -1.89. The van der Waals surface area contributed by atoms with E-state index >= 15 is 0 Å². The van der Waals surface area contributed by atoms with Gasteiger partial charge in [0.15, 0.2) is 0 Å². The van der Waals surface area contributed by atoms with Gasteiger partial charge >= 0.3 is 0 Å². The molecule has 0 radical (unpaired) electrons. The molecule has 0 aliphatic heterocycles. The van der Waals surface area contributed by atoms with Crippen LogP contribution in [-0.4, -0.2) is 7.11 Å². The fraction of sp³-hybridized carbons (Fsp3) is 0.385. The third kappa shape index (κ3) is 2.91. The van der Waals surface area contributed by atoms with Crippen LogP contribution >= 0.6 is 0 Å². The average Bonchev–Trinajstić information content (AvgIpc) is 2.26. The Bertz CT molecular complexity index is 296. The molecule has 0 aromatic heterocycles. The molecule has 0 atom stereocenters. The molecule has 0 unspecified atom stereocenters. The topological polar surface area (TPSA) is 9.23 Å². The van der Waals surface area contributed by atoms with Crippen LogP contribution < -0.4 is 4.74 Å². The van der Waals surface area contributed by atoms with Crippen LogP contribution in [0.25, 0.3) is 0 Å². The number of rotatable bonds is 4. The van der Waals surface area contributed by atoms with Crippen molar-refractivity contribution >= 4 is 0 Å². The maximum atomic E-state index is 5.11. The van der Waals surface area contributed by atoms with E-state index in [1.54, 1.807) is 7.11 Å². The van der Waals surface area contributed by atoms with Crippen molar-refractivity contribution in [3.63, 3.8) is 0 Å². The first-order valence-electron chi connectivity index (χ1n) is 5.07. The summed E-state index contributed by atoms with van der Waals surface area (Å²) in [5, 5.41) is 0. The van der Waals surface area contributed by atoms with Crippen molar-refractivity contribution in [2.24, 2.45) is 0 Å². The lowest BCUT2D eigenvalue weighted by molar-refractivity contribution is 0.414. The van der Waals surface area contributed by atoms with Crippen molar-refractivity contribution in [3.05, 3.63) is 41.5 Å². The van der Waals surface area contributed by atoms with Crippen molar-refractivity contribution in [2.75, 3.05) is 7.11 Å². The summed E-state index contributed by atoms with van der Waals surface area (Å²) in [7, 11) is 1.69. The van der Waals surface area contributed by atoms with Gasteiger partial charge in [-0.05, 0) is 37.5 Å². The van der Waals surface area contributed by atoms with E-state index in [9.17, 15) is 0 Å². The molecular formula is C13H18O. The Morgan fingerprint density at radius 3 is 2.36 bits per heavy atom. The molecule has 0 aliphatic carbocycles. The minimum absolute atomic E-state index is 0.923. The second-order valence-corrected chi connectivity index (χ2v) is 3.33. The number of benzene rings is 1. The molecule has 1 rings (SSSR count). The Balaban J connectivity index is 2.68. The first-order chi connectivity index (χ1) is 6.80. The molecule has 0 amide bonds. The summed E-state index contributed by atoms with van der Waals surface area (Å²) in [6.45, 7) is 4.29. The smallest absolute Gasteiger partial charge is 0.118 e. The number of hydrogen-bond acceptors (Lipinski definition) is 1. The summed E-state index contributed by atoms with van der Waals surface area (Å²) in [5.74, 6) is 0.923. The van der Waals surface area contributed by atoms with E-state index in [4.69, 9.17) is 4.74 Å². The Kier molecular flexibility index (Phi) is 4.24. The Hall–Kier alpha value is -1.24. The molecule has 14 heavy (non-hydrogen) atoms. The summed E-state index contributed by atoms with van der Waals surface area (Å²) in [6, 6.07) is 8.27. The third-order valence-electron chi connectivity index (χ3n) is 2.45. The predicted octanol–water partition coefficient (Wildman–Crippen LogP) is 3.59. The largest absolute Gasteiger partial charge is 0.497 e. The summed E-state index contributed by atoms with van der Waals surface area (Å²) in [5.41, 5.74) is 2.83. The molecule has 1 aromatic carbocycles. The summed E-state index contributed by atoms with van der Waals surface area (Å²) in [6.07, 6.45) is 4.38. The fourth-order valence-electron chi connectivity index (χ4n) is 1.44. The van der Waals surface area contributed by atoms with E-state index < -0.39 is 0 Å². The predicted molar refractivity (Wildman–Crippen MR) is 60.7 cm³/mol. The van der Waals surface area contributed by atoms with Crippen LogP contribution in [0.1, 0.15) is 25.8 Å². The van der Waals surface area contributed by atoms with E-state index in [1.807, 2.05) is 12.1 Å². The van der Waals surface area contributed by atoms with Gasteiger partial charge in [-0.2, -0.15) is 0 Å². The zero-order chi connectivity index (χ0) is 10.4.